The number of ketones is 1. The topological polar surface area (TPSA) is 26.3 Å². The summed E-state index contributed by atoms with van der Waals surface area (Å²) in [6.45, 7) is 7.08. The Balaban J connectivity index is 2.15. The summed E-state index contributed by atoms with van der Waals surface area (Å²) in [5.74, 6) is 0.123. The summed E-state index contributed by atoms with van der Waals surface area (Å²) in [5, 5.41) is 0. The van der Waals surface area contributed by atoms with E-state index >= 15 is 0 Å². The van der Waals surface area contributed by atoms with Gasteiger partial charge in [0.05, 0.1) is 23.8 Å². The van der Waals surface area contributed by atoms with Gasteiger partial charge in [0, 0.05) is 5.41 Å². The quantitative estimate of drug-likeness (QED) is 0.477. The van der Waals surface area contributed by atoms with E-state index in [1.54, 1.807) is 6.92 Å². The van der Waals surface area contributed by atoms with Crippen molar-refractivity contribution in [1.29, 1.82) is 0 Å². The van der Waals surface area contributed by atoms with Crippen LogP contribution in [0.5, 0.6) is 0 Å². The number of ether oxygens (including phenoxy) is 1. The van der Waals surface area contributed by atoms with Crippen molar-refractivity contribution in [3.63, 3.8) is 0 Å². The zero-order valence-corrected chi connectivity index (χ0v) is 16.9. The first kappa shape index (κ1) is 23.7. The van der Waals surface area contributed by atoms with E-state index in [2.05, 4.69) is 0 Å². The summed E-state index contributed by atoms with van der Waals surface area (Å²) >= 11 is 0. The lowest BCUT2D eigenvalue weighted by Gasteiger charge is -2.42. The van der Waals surface area contributed by atoms with Crippen molar-refractivity contribution in [3.8, 4) is 0 Å². The van der Waals surface area contributed by atoms with Crippen LogP contribution in [0.25, 0.3) is 0 Å². The molecule has 1 fully saturated rings. The molecule has 1 aliphatic carbocycles. The van der Waals surface area contributed by atoms with Crippen LogP contribution in [0, 0.1) is 10.8 Å². The van der Waals surface area contributed by atoms with Crippen LogP contribution in [0.15, 0.2) is 18.2 Å². The molecule has 2 nitrogen and oxygen atoms in total. The second kappa shape index (κ2) is 7.93. The lowest BCUT2D eigenvalue weighted by molar-refractivity contribution is -0.143. The molecule has 1 aromatic carbocycles. The zero-order chi connectivity index (χ0) is 22.3. The van der Waals surface area contributed by atoms with E-state index in [0.717, 1.165) is 0 Å². The van der Waals surface area contributed by atoms with Gasteiger partial charge in [0.15, 0.2) is 0 Å². The highest BCUT2D eigenvalue weighted by Gasteiger charge is 2.41. The molecule has 0 bridgehead atoms. The van der Waals surface area contributed by atoms with Gasteiger partial charge in [0.2, 0.25) is 0 Å². The third kappa shape index (κ3) is 5.74. The average molecular weight is 424 g/mol. The minimum absolute atomic E-state index is 0.112. The van der Waals surface area contributed by atoms with Gasteiger partial charge in [-0.2, -0.15) is 26.3 Å². The molecule has 0 amide bonds. The molecule has 1 aliphatic rings. The lowest BCUT2D eigenvalue weighted by atomic mass is 9.64. The Bertz CT molecular complexity index is 710. The van der Waals surface area contributed by atoms with E-state index in [-0.39, 0.29) is 34.8 Å². The van der Waals surface area contributed by atoms with Gasteiger partial charge >= 0.3 is 12.4 Å². The number of halogens is 6. The Hall–Kier alpha value is -1.57. The Kier molecular flexibility index (Phi) is 6.48. The Morgan fingerprint density at radius 2 is 1.41 bits per heavy atom. The fourth-order valence-corrected chi connectivity index (χ4v) is 3.54. The molecule has 2 rings (SSSR count). The van der Waals surface area contributed by atoms with Crippen LogP contribution in [0.4, 0.5) is 26.3 Å². The first-order chi connectivity index (χ1) is 13.1. The van der Waals surface area contributed by atoms with Gasteiger partial charge in [-0.25, -0.2) is 0 Å². The van der Waals surface area contributed by atoms with E-state index < -0.39 is 29.6 Å². The van der Waals surface area contributed by atoms with Crippen LogP contribution >= 0.6 is 0 Å². The van der Waals surface area contributed by atoms with Gasteiger partial charge in [0.25, 0.3) is 0 Å². The number of carbonyl (C=O) groups is 1. The predicted molar refractivity (Wildman–Crippen MR) is 96.2 cm³/mol. The summed E-state index contributed by atoms with van der Waals surface area (Å²) in [6, 6.07) is 1.52. The summed E-state index contributed by atoms with van der Waals surface area (Å²) in [7, 11) is 0. The maximum Gasteiger partial charge on any atom is 0.416 e. The predicted octanol–water partition coefficient (Wildman–Crippen LogP) is 6.98. The second-order valence-corrected chi connectivity index (χ2v) is 8.72. The maximum absolute atomic E-state index is 13.0. The monoisotopic (exact) mass is 424 g/mol. The number of Topliss-reactive ketones (excluding diaryl/α,β-unsaturated/α-hetero) is 1. The normalized spacial score (nSPS) is 27.0. The van der Waals surface area contributed by atoms with Crippen molar-refractivity contribution in [3.05, 3.63) is 34.9 Å². The minimum Gasteiger partial charge on any atom is -0.373 e. The van der Waals surface area contributed by atoms with Gasteiger partial charge < -0.3 is 4.74 Å². The summed E-state index contributed by atoms with van der Waals surface area (Å²) in [5.41, 5.74) is -3.52. The van der Waals surface area contributed by atoms with Crippen molar-refractivity contribution >= 4 is 5.78 Å². The van der Waals surface area contributed by atoms with Crippen molar-refractivity contribution in [1.82, 2.24) is 0 Å². The molecule has 0 aromatic heterocycles. The van der Waals surface area contributed by atoms with Gasteiger partial charge in [-0.3, -0.25) is 4.79 Å². The Morgan fingerprint density at radius 3 is 1.79 bits per heavy atom. The number of benzene rings is 1. The fourth-order valence-electron chi connectivity index (χ4n) is 3.54. The Morgan fingerprint density at radius 1 is 0.966 bits per heavy atom. The molecule has 1 unspecified atom stereocenters. The smallest absolute Gasteiger partial charge is 0.373 e. The van der Waals surface area contributed by atoms with Crippen molar-refractivity contribution in [2.45, 2.75) is 71.8 Å². The van der Waals surface area contributed by atoms with Crippen molar-refractivity contribution in [2.24, 2.45) is 10.8 Å². The van der Waals surface area contributed by atoms with E-state index in [1.165, 1.54) is 6.92 Å². The van der Waals surface area contributed by atoms with Crippen LogP contribution < -0.4 is 0 Å². The molecule has 164 valence electrons. The number of rotatable bonds is 5. The highest BCUT2D eigenvalue weighted by atomic mass is 19.4. The highest BCUT2D eigenvalue weighted by Crippen LogP contribution is 2.46. The molecule has 1 aromatic rings. The molecule has 0 spiro atoms. The molecule has 0 heterocycles. The van der Waals surface area contributed by atoms with E-state index in [0.29, 0.717) is 37.8 Å². The largest absolute Gasteiger partial charge is 0.416 e. The average Bonchev–Trinajstić information content (AvgIpc) is 2.60. The van der Waals surface area contributed by atoms with Gasteiger partial charge in [0.1, 0.15) is 5.78 Å². The van der Waals surface area contributed by atoms with E-state index in [4.69, 9.17) is 4.74 Å². The fraction of sp³-hybridized carbons (Fsp3) is 0.667. The summed E-state index contributed by atoms with van der Waals surface area (Å²) in [6.07, 6.45) is -7.95. The number of alkyl halides is 6. The van der Waals surface area contributed by atoms with E-state index in [1.807, 2.05) is 13.8 Å². The molecule has 29 heavy (non-hydrogen) atoms. The first-order valence-electron chi connectivity index (χ1n) is 9.48. The highest BCUT2D eigenvalue weighted by molar-refractivity contribution is 5.81. The number of hydrogen-bond donors (Lipinski definition) is 0. The molecule has 1 saturated carbocycles. The minimum atomic E-state index is -4.89. The number of carbonyl (C=O) groups excluding carboxylic acids is 1. The SMILES string of the molecule is CC(=O)C1(C)CCC(C)(COC(C)c2cc(C(F)(F)F)cc(C(F)(F)F)c2)CC1. The zero-order valence-electron chi connectivity index (χ0n) is 16.9. The molecule has 8 heteroatoms. The third-order valence-corrected chi connectivity index (χ3v) is 6.17. The van der Waals surface area contributed by atoms with Crippen molar-refractivity contribution in [2.75, 3.05) is 6.61 Å². The summed E-state index contributed by atoms with van der Waals surface area (Å²) < 4.78 is 84.0. The van der Waals surface area contributed by atoms with Gasteiger partial charge in [-0.1, -0.05) is 13.8 Å². The van der Waals surface area contributed by atoms with Crippen LogP contribution in [0.2, 0.25) is 0 Å². The molecule has 0 N–H and O–H groups in total. The molecule has 1 atom stereocenters. The molecule has 0 aliphatic heterocycles. The second-order valence-electron chi connectivity index (χ2n) is 8.72. The van der Waals surface area contributed by atoms with E-state index in [9.17, 15) is 31.1 Å². The maximum atomic E-state index is 13.0. The van der Waals surface area contributed by atoms with Crippen molar-refractivity contribution < 1.29 is 35.9 Å². The van der Waals surface area contributed by atoms with Crippen LogP contribution in [0.3, 0.4) is 0 Å². The van der Waals surface area contributed by atoms with Gasteiger partial charge in [-0.15, -0.1) is 0 Å². The van der Waals surface area contributed by atoms with Crippen LogP contribution in [-0.4, -0.2) is 12.4 Å². The molecule has 0 saturated heterocycles. The third-order valence-electron chi connectivity index (χ3n) is 6.17. The first-order valence-corrected chi connectivity index (χ1v) is 9.48. The van der Waals surface area contributed by atoms with Crippen LogP contribution in [-0.2, 0) is 21.9 Å². The van der Waals surface area contributed by atoms with Crippen LogP contribution in [0.1, 0.15) is 76.2 Å². The molecular weight excluding hydrogens is 398 g/mol. The molecule has 0 radical (unpaired) electrons. The Labute approximate surface area is 166 Å². The molecular formula is C21H26F6O2. The number of hydrogen-bond acceptors (Lipinski definition) is 2. The van der Waals surface area contributed by atoms with Gasteiger partial charge in [-0.05, 0) is 68.7 Å². The standard InChI is InChI=1S/C21H26F6O2/c1-13(29-12-18(3)5-7-19(4,8-6-18)14(2)28)15-9-16(20(22,23)24)11-17(10-15)21(25,26)27/h9-11,13H,5-8,12H2,1-4H3. The summed E-state index contributed by atoms with van der Waals surface area (Å²) in [4.78, 5) is 11.8. The lowest BCUT2D eigenvalue weighted by Crippen LogP contribution is -2.37.